The van der Waals surface area contributed by atoms with Crippen LogP contribution >= 0.6 is 11.8 Å². The van der Waals surface area contributed by atoms with Crippen molar-refractivity contribution >= 4 is 17.5 Å². The van der Waals surface area contributed by atoms with Crippen molar-refractivity contribution in [3.05, 3.63) is 65.0 Å². The van der Waals surface area contributed by atoms with Gasteiger partial charge in [-0.05, 0) is 49.7 Å². The highest BCUT2D eigenvalue weighted by molar-refractivity contribution is 8.00. The van der Waals surface area contributed by atoms with Crippen molar-refractivity contribution in [3.63, 3.8) is 0 Å². The van der Waals surface area contributed by atoms with Crippen molar-refractivity contribution in [2.75, 3.05) is 5.75 Å². The highest BCUT2D eigenvalue weighted by Gasteiger charge is 2.08. The maximum atomic E-state index is 13.1. The maximum absolute atomic E-state index is 13.1. The van der Waals surface area contributed by atoms with E-state index in [4.69, 9.17) is 0 Å². The second-order valence-corrected chi connectivity index (χ2v) is 5.54. The van der Waals surface area contributed by atoms with E-state index in [0.717, 1.165) is 4.90 Å². The van der Waals surface area contributed by atoms with Gasteiger partial charge in [-0.25, -0.2) is 4.39 Å². The third-order valence-electron chi connectivity index (χ3n) is 2.84. The Morgan fingerprint density at radius 1 is 1.16 bits per heavy atom. The summed E-state index contributed by atoms with van der Waals surface area (Å²) in [6.07, 6.45) is 0. The lowest BCUT2D eigenvalue weighted by molar-refractivity contribution is 0.102. The van der Waals surface area contributed by atoms with Gasteiger partial charge in [-0.3, -0.25) is 4.79 Å². The van der Waals surface area contributed by atoms with Gasteiger partial charge in [0.25, 0.3) is 0 Å². The van der Waals surface area contributed by atoms with Crippen LogP contribution in [-0.4, -0.2) is 11.5 Å². The molecule has 0 unspecified atom stereocenters. The Kier molecular flexibility index (Phi) is 4.38. The van der Waals surface area contributed by atoms with Crippen molar-refractivity contribution in [1.82, 2.24) is 0 Å². The van der Waals surface area contributed by atoms with Crippen LogP contribution in [0.1, 0.15) is 21.5 Å². The SMILES string of the molecule is Cc1cccc(SCC(=O)c2ccc(F)c(C)c2)c1. The number of carbonyl (C=O) groups excluding carboxylic acids is 1. The molecule has 0 N–H and O–H groups in total. The number of rotatable bonds is 4. The minimum Gasteiger partial charge on any atom is -0.293 e. The van der Waals surface area contributed by atoms with E-state index >= 15 is 0 Å². The number of ketones is 1. The molecule has 0 bridgehead atoms. The maximum Gasteiger partial charge on any atom is 0.173 e. The molecular weight excluding hydrogens is 259 g/mol. The van der Waals surface area contributed by atoms with Gasteiger partial charge in [-0.1, -0.05) is 17.7 Å². The normalized spacial score (nSPS) is 10.5. The molecule has 0 saturated carbocycles. The van der Waals surface area contributed by atoms with Crippen molar-refractivity contribution in [2.45, 2.75) is 18.7 Å². The smallest absolute Gasteiger partial charge is 0.173 e. The van der Waals surface area contributed by atoms with Crippen LogP contribution in [-0.2, 0) is 0 Å². The van der Waals surface area contributed by atoms with Gasteiger partial charge >= 0.3 is 0 Å². The molecule has 19 heavy (non-hydrogen) atoms. The summed E-state index contributed by atoms with van der Waals surface area (Å²) in [7, 11) is 0. The van der Waals surface area contributed by atoms with Gasteiger partial charge in [0.05, 0.1) is 5.75 Å². The molecule has 0 spiro atoms. The lowest BCUT2D eigenvalue weighted by Gasteiger charge is -2.04. The molecule has 0 aromatic heterocycles. The number of aryl methyl sites for hydroxylation is 2. The molecule has 0 radical (unpaired) electrons. The van der Waals surface area contributed by atoms with Gasteiger partial charge in [-0.15, -0.1) is 11.8 Å². The summed E-state index contributed by atoms with van der Waals surface area (Å²) in [4.78, 5) is 13.1. The van der Waals surface area contributed by atoms with Crippen LogP contribution in [0.5, 0.6) is 0 Å². The van der Waals surface area contributed by atoms with Gasteiger partial charge < -0.3 is 0 Å². The molecule has 98 valence electrons. The Balaban J connectivity index is 2.03. The largest absolute Gasteiger partial charge is 0.293 e. The number of thioether (sulfide) groups is 1. The minimum absolute atomic E-state index is 0.0228. The van der Waals surface area contributed by atoms with Gasteiger partial charge in [0.15, 0.2) is 5.78 Å². The summed E-state index contributed by atoms with van der Waals surface area (Å²) in [6, 6.07) is 12.5. The molecule has 1 nitrogen and oxygen atoms in total. The molecular formula is C16H15FOS. The van der Waals surface area contributed by atoms with E-state index in [9.17, 15) is 9.18 Å². The van der Waals surface area contributed by atoms with E-state index in [1.165, 1.54) is 23.4 Å². The van der Waals surface area contributed by atoms with Crippen molar-refractivity contribution in [3.8, 4) is 0 Å². The zero-order chi connectivity index (χ0) is 13.8. The second-order valence-electron chi connectivity index (χ2n) is 4.49. The van der Waals surface area contributed by atoms with Crippen molar-refractivity contribution in [1.29, 1.82) is 0 Å². The molecule has 2 aromatic rings. The first-order valence-electron chi connectivity index (χ1n) is 6.05. The molecule has 0 saturated heterocycles. The lowest BCUT2D eigenvalue weighted by atomic mass is 10.1. The molecule has 0 aliphatic heterocycles. The van der Waals surface area contributed by atoms with E-state index in [1.54, 1.807) is 19.1 Å². The number of halogens is 1. The fourth-order valence-electron chi connectivity index (χ4n) is 1.76. The molecule has 0 atom stereocenters. The highest BCUT2D eigenvalue weighted by atomic mass is 32.2. The van der Waals surface area contributed by atoms with Crippen LogP contribution in [0.25, 0.3) is 0 Å². The zero-order valence-corrected chi connectivity index (χ0v) is 11.8. The minimum atomic E-state index is -0.275. The number of hydrogen-bond donors (Lipinski definition) is 0. The van der Waals surface area contributed by atoms with E-state index in [0.29, 0.717) is 16.9 Å². The fraction of sp³-hybridized carbons (Fsp3) is 0.188. The number of benzene rings is 2. The fourth-order valence-corrected chi connectivity index (χ4v) is 2.66. The van der Waals surface area contributed by atoms with Gasteiger partial charge in [0, 0.05) is 10.5 Å². The highest BCUT2D eigenvalue weighted by Crippen LogP contribution is 2.20. The Hall–Kier alpha value is -1.61. The van der Waals surface area contributed by atoms with Crippen LogP contribution in [0.15, 0.2) is 47.4 Å². The van der Waals surface area contributed by atoms with Crippen LogP contribution in [0.3, 0.4) is 0 Å². The van der Waals surface area contributed by atoms with Gasteiger partial charge in [0.2, 0.25) is 0 Å². The summed E-state index contributed by atoms with van der Waals surface area (Å²) in [5, 5.41) is 0. The predicted molar refractivity (Wildman–Crippen MR) is 77.4 cm³/mol. The second kappa shape index (κ2) is 6.02. The molecule has 0 aliphatic carbocycles. The number of carbonyl (C=O) groups is 1. The van der Waals surface area contributed by atoms with Crippen molar-refractivity contribution in [2.24, 2.45) is 0 Å². The Bertz CT molecular complexity index is 607. The van der Waals surface area contributed by atoms with E-state index < -0.39 is 0 Å². The Labute approximate surface area is 116 Å². The first-order chi connectivity index (χ1) is 9.06. The summed E-state index contributed by atoms with van der Waals surface area (Å²) in [5.41, 5.74) is 2.25. The van der Waals surface area contributed by atoms with Gasteiger partial charge in [0.1, 0.15) is 5.82 Å². The number of Topliss-reactive ketones (excluding diaryl/α,β-unsaturated/α-hetero) is 1. The number of hydrogen-bond acceptors (Lipinski definition) is 2. The standard InChI is InChI=1S/C16H15FOS/c1-11-4-3-5-14(8-11)19-10-16(18)13-6-7-15(17)12(2)9-13/h3-9H,10H2,1-2H3. The molecule has 0 aliphatic rings. The van der Waals surface area contributed by atoms with E-state index in [1.807, 2.05) is 31.2 Å². The summed E-state index contributed by atoms with van der Waals surface area (Å²) < 4.78 is 13.1. The van der Waals surface area contributed by atoms with Crippen LogP contribution < -0.4 is 0 Å². The average Bonchev–Trinajstić information content (AvgIpc) is 2.39. The zero-order valence-electron chi connectivity index (χ0n) is 10.9. The van der Waals surface area contributed by atoms with E-state index in [-0.39, 0.29) is 11.6 Å². The summed E-state index contributed by atoms with van der Waals surface area (Å²) in [5.74, 6) is 0.117. The first-order valence-corrected chi connectivity index (χ1v) is 7.03. The summed E-state index contributed by atoms with van der Waals surface area (Å²) in [6.45, 7) is 3.69. The third-order valence-corrected chi connectivity index (χ3v) is 3.83. The third kappa shape index (κ3) is 3.67. The quantitative estimate of drug-likeness (QED) is 0.606. The van der Waals surface area contributed by atoms with Crippen LogP contribution in [0.2, 0.25) is 0 Å². The van der Waals surface area contributed by atoms with Crippen molar-refractivity contribution < 1.29 is 9.18 Å². The molecule has 0 amide bonds. The summed E-state index contributed by atoms with van der Waals surface area (Å²) >= 11 is 1.50. The Morgan fingerprint density at radius 3 is 2.63 bits per heavy atom. The van der Waals surface area contributed by atoms with E-state index in [2.05, 4.69) is 0 Å². The lowest BCUT2D eigenvalue weighted by Crippen LogP contribution is -2.03. The van der Waals surface area contributed by atoms with Crippen LogP contribution in [0, 0.1) is 19.7 Å². The molecule has 0 fully saturated rings. The molecule has 3 heteroatoms. The molecule has 2 rings (SSSR count). The Morgan fingerprint density at radius 2 is 1.95 bits per heavy atom. The van der Waals surface area contributed by atoms with Gasteiger partial charge in [-0.2, -0.15) is 0 Å². The topological polar surface area (TPSA) is 17.1 Å². The predicted octanol–water partition coefficient (Wildman–Crippen LogP) is 4.42. The monoisotopic (exact) mass is 274 g/mol. The molecule has 0 heterocycles. The molecule has 2 aromatic carbocycles. The first kappa shape index (κ1) is 13.8. The van der Waals surface area contributed by atoms with Crippen LogP contribution in [0.4, 0.5) is 4.39 Å². The average molecular weight is 274 g/mol.